The molecule has 0 fully saturated rings. The third-order valence-corrected chi connectivity index (χ3v) is 2.98. The summed E-state index contributed by atoms with van der Waals surface area (Å²) in [7, 11) is 3.01. The molecule has 1 N–H and O–H groups in total. The molecular formula is C14H16F3N3O2. The van der Waals surface area contributed by atoms with Crippen LogP contribution >= 0.6 is 0 Å². The predicted octanol–water partition coefficient (Wildman–Crippen LogP) is 3.11. The third kappa shape index (κ3) is 3.76. The summed E-state index contributed by atoms with van der Waals surface area (Å²) in [5, 5.41) is 3.41. The molecule has 2 rings (SSSR count). The molecule has 0 aliphatic heterocycles. The van der Waals surface area contributed by atoms with Gasteiger partial charge in [0.1, 0.15) is 11.6 Å². The van der Waals surface area contributed by atoms with Crippen molar-refractivity contribution in [1.82, 2.24) is 9.97 Å². The van der Waals surface area contributed by atoms with Gasteiger partial charge in [-0.15, -0.1) is 0 Å². The molecule has 120 valence electrons. The van der Waals surface area contributed by atoms with Crippen molar-refractivity contribution in [2.24, 2.45) is 0 Å². The molecule has 1 heterocycles. The van der Waals surface area contributed by atoms with Crippen LogP contribution in [-0.2, 0) is 10.9 Å². The lowest BCUT2D eigenvalue weighted by Gasteiger charge is -2.13. The van der Waals surface area contributed by atoms with Crippen molar-refractivity contribution in [2.45, 2.75) is 12.6 Å². The Bertz CT molecular complexity index is 647. The highest BCUT2D eigenvalue weighted by atomic mass is 19.4. The van der Waals surface area contributed by atoms with Crippen LogP contribution in [0.3, 0.4) is 0 Å². The van der Waals surface area contributed by atoms with Crippen LogP contribution in [0.4, 0.5) is 19.0 Å². The molecule has 0 atom stereocenters. The van der Waals surface area contributed by atoms with Gasteiger partial charge >= 0.3 is 6.18 Å². The van der Waals surface area contributed by atoms with Gasteiger partial charge in [-0.25, -0.2) is 9.97 Å². The second-order valence-electron chi connectivity index (χ2n) is 4.55. The normalized spacial score (nSPS) is 11.7. The van der Waals surface area contributed by atoms with Crippen LogP contribution in [0.5, 0.6) is 5.75 Å². The quantitative estimate of drug-likeness (QED) is 0.830. The Hall–Kier alpha value is -2.09. The minimum atomic E-state index is -4.61. The van der Waals surface area contributed by atoms with Crippen molar-refractivity contribution in [3.8, 4) is 5.75 Å². The van der Waals surface area contributed by atoms with Gasteiger partial charge in [0.2, 0.25) is 5.82 Å². The van der Waals surface area contributed by atoms with Crippen molar-refractivity contribution in [2.75, 3.05) is 32.7 Å². The molecular weight excluding hydrogens is 299 g/mol. The van der Waals surface area contributed by atoms with E-state index >= 15 is 0 Å². The maximum atomic E-state index is 12.9. The highest BCUT2D eigenvalue weighted by Crippen LogP contribution is 2.31. The lowest BCUT2D eigenvalue weighted by molar-refractivity contribution is -0.144. The highest BCUT2D eigenvalue weighted by molar-refractivity contribution is 5.90. The van der Waals surface area contributed by atoms with Gasteiger partial charge in [-0.05, 0) is 18.6 Å². The summed E-state index contributed by atoms with van der Waals surface area (Å²) >= 11 is 0. The number of ether oxygens (including phenoxy) is 2. The Morgan fingerprint density at radius 2 is 1.95 bits per heavy atom. The molecule has 0 aliphatic rings. The van der Waals surface area contributed by atoms with E-state index < -0.39 is 12.0 Å². The van der Waals surface area contributed by atoms with E-state index in [1.807, 2.05) is 0 Å². The first-order chi connectivity index (χ1) is 10.5. The van der Waals surface area contributed by atoms with Crippen molar-refractivity contribution in [1.29, 1.82) is 0 Å². The molecule has 0 saturated carbocycles. The Morgan fingerprint density at radius 3 is 2.59 bits per heavy atom. The van der Waals surface area contributed by atoms with Crippen LogP contribution in [0, 0.1) is 0 Å². The zero-order valence-corrected chi connectivity index (χ0v) is 12.2. The predicted molar refractivity (Wildman–Crippen MR) is 76.1 cm³/mol. The molecule has 0 aliphatic carbocycles. The van der Waals surface area contributed by atoms with Crippen molar-refractivity contribution >= 4 is 16.7 Å². The number of hydrogen-bond donors (Lipinski definition) is 1. The number of rotatable bonds is 6. The fraction of sp³-hybridized carbons (Fsp3) is 0.429. The Balaban J connectivity index is 2.42. The number of benzene rings is 1. The zero-order valence-electron chi connectivity index (χ0n) is 12.2. The fourth-order valence-electron chi connectivity index (χ4n) is 1.92. The van der Waals surface area contributed by atoms with E-state index in [-0.39, 0.29) is 11.3 Å². The standard InChI is InChI=1S/C14H16F3N3O2/c1-21-7-3-6-18-12-10-5-4-9(22-2)8-11(10)19-13(20-12)14(15,16)17/h4-5,8H,3,6-7H2,1-2H3,(H,18,19,20). The number of alkyl halides is 3. The Kier molecular flexibility index (Phi) is 5.02. The molecule has 1 aromatic carbocycles. The number of nitrogens with one attached hydrogen (secondary N) is 1. The number of anilines is 1. The van der Waals surface area contributed by atoms with Crippen molar-refractivity contribution < 1.29 is 22.6 Å². The first-order valence-electron chi connectivity index (χ1n) is 6.61. The maximum absolute atomic E-state index is 12.9. The average Bonchev–Trinajstić information content (AvgIpc) is 2.49. The van der Waals surface area contributed by atoms with E-state index in [2.05, 4.69) is 15.3 Å². The molecule has 2 aromatic rings. The highest BCUT2D eigenvalue weighted by Gasteiger charge is 2.35. The van der Waals surface area contributed by atoms with Crippen LogP contribution < -0.4 is 10.1 Å². The third-order valence-electron chi connectivity index (χ3n) is 2.98. The first kappa shape index (κ1) is 16.3. The largest absolute Gasteiger partial charge is 0.497 e. The van der Waals surface area contributed by atoms with E-state index in [1.165, 1.54) is 13.2 Å². The Morgan fingerprint density at radius 1 is 1.18 bits per heavy atom. The van der Waals surface area contributed by atoms with Crippen LogP contribution in [0.15, 0.2) is 18.2 Å². The number of aromatic nitrogens is 2. The van der Waals surface area contributed by atoms with Crippen LogP contribution in [0.25, 0.3) is 10.9 Å². The fourth-order valence-corrected chi connectivity index (χ4v) is 1.92. The monoisotopic (exact) mass is 315 g/mol. The van der Waals surface area contributed by atoms with Gasteiger partial charge in [0.05, 0.1) is 12.6 Å². The van der Waals surface area contributed by atoms with Gasteiger partial charge in [-0.1, -0.05) is 0 Å². The van der Waals surface area contributed by atoms with E-state index in [0.29, 0.717) is 30.7 Å². The van der Waals surface area contributed by atoms with Gasteiger partial charge in [0.15, 0.2) is 0 Å². The van der Waals surface area contributed by atoms with E-state index in [4.69, 9.17) is 9.47 Å². The smallest absolute Gasteiger partial charge is 0.451 e. The molecule has 8 heteroatoms. The lowest BCUT2D eigenvalue weighted by atomic mass is 10.2. The molecule has 0 radical (unpaired) electrons. The summed E-state index contributed by atoms with van der Waals surface area (Å²) in [6.07, 6.45) is -3.96. The van der Waals surface area contributed by atoms with Gasteiger partial charge in [-0.3, -0.25) is 0 Å². The summed E-state index contributed by atoms with van der Waals surface area (Å²) in [5.74, 6) is -0.594. The molecule has 0 saturated heterocycles. The summed E-state index contributed by atoms with van der Waals surface area (Å²) in [6, 6.07) is 4.73. The van der Waals surface area contributed by atoms with E-state index in [0.717, 1.165) is 0 Å². The van der Waals surface area contributed by atoms with E-state index in [1.54, 1.807) is 19.2 Å². The number of nitrogens with zero attached hydrogens (tertiary/aromatic N) is 2. The van der Waals surface area contributed by atoms with Crippen LogP contribution in [-0.4, -0.2) is 37.3 Å². The van der Waals surface area contributed by atoms with Gasteiger partial charge in [0, 0.05) is 31.7 Å². The summed E-state index contributed by atoms with van der Waals surface area (Å²) in [5.41, 5.74) is 0.177. The zero-order chi connectivity index (χ0) is 16.2. The minimum Gasteiger partial charge on any atom is -0.497 e. The van der Waals surface area contributed by atoms with Gasteiger partial charge in [-0.2, -0.15) is 13.2 Å². The topological polar surface area (TPSA) is 56.3 Å². The Labute approximate surface area is 125 Å². The molecule has 1 aromatic heterocycles. The van der Waals surface area contributed by atoms with E-state index in [9.17, 15) is 13.2 Å². The van der Waals surface area contributed by atoms with Crippen molar-refractivity contribution in [3.05, 3.63) is 24.0 Å². The molecule has 5 nitrogen and oxygen atoms in total. The second kappa shape index (κ2) is 6.78. The average molecular weight is 315 g/mol. The SMILES string of the molecule is COCCCNc1nc(C(F)(F)F)nc2cc(OC)ccc12. The second-order valence-corrected chi connectivity index (χ2v) is 4.55. The molecule has 0 amide bonds. The lowest BCUT2D eigenvalue weighted by Crippen LogP contribution is -2.14. The molecule has 0 unspecified atom stereocenters. The number of halogens is 3. The van der Waals surface area contributed by atoms with Crippen LogP contribution in [0.2, 0.25) is 0 Å². The summed E-state index contributed by atoms with van der Waals surface area (Å²) in [6.45, 7) is 0.958. The minimum absolute atomic E-state index is 0.149. The summed E-state index contributed by atoms with van der Waals surface area (Å²) in [4.78, 5) is 7.18. The van der Waals surface area contributed by atoms with Gasteiger partial charge < -0.3 is 14.8 Å². The van der Waals surface area contributed by atoms with Gasteiger partial charge in [0.25, 0.3) is 0 Å². The number of methoxy groups -OCH3 is 2. The molecule has 0 bridgehead atoms. The van der Waals surface area contributed by atoms with Crippen LogP contribution in [0.1, 0.15) is 12.2 Å². The molecule has 22 heavy (non-hydrogen) atoms. The first-order valence-corrected chi connectivity index (χ1v) is 6.61. The van der Waals surface area contributed by atoms with Crippen molar-refractivity contribution in [3.63, 3.8) is 0 Å². The number of hydrogen-bond acceptors (Lipinski definition) is 5. The number of fused-ring (bicyclic) bond motifs is 1. The summed E-state index contributed by atoms with van der Waals surface area (Å²) < 4.78 is 48.7. The maximum Gasteiger partial charge on any atom is 0.451 e. The molecule has 0 spiro atoms.